The average molecular weight is 472 g/mol. The highest BCUT2D eigenvalue weighted by Crippen LogP contribution is 2.32. The number of carbonyl (C=O) groups excluding carboxylic acids is 2. The zero-order valence-electron chi connectivity index (χ0n) is 18.6. The second kappa shape index (κ2) is 9.93. The maximum absolute atomic E-state index is 13.1. The summed E-state index contributed by atoms with van der Waals surface area (Å²) in [6.07, 6.45) is 2.54. The van der Waals surface area contributed by atoms with Gasteiger partial charge in [0.1, 0.15) is 5.75 Å². The van der Waals surface area contributed by atoms with Crippen LogP contribution in [0.4, 0.5) is 5.69 Å². The monoisotopic (exact) mass is 471 g/mol. The van der Waals surface area contributed by atoms with E-state index in [1.54, 1.807) is 6.07 Å². The molecule has 4 rings (SSSR count). The molecule has 0 radical (unpaired) electrons. The zero-order valence-corrected chi connectivity index (χ0v) is 19.4. The predicted molar refractivity (Wildman–Crippen MR) is 124 cm³/mol. The van der Waals surface area contributed by atoms with E-state index >= 15 is 0 Å². The number of sulfonamides is 1. The van der Waals surface area contributed by atoms with Gasteiger partial charge in [-0.05, 0) is 49.4 Å². The molecule has 0 bridgehead atoms. The van der Waals surface area contributed by atoms with E-state index in [0.717, 1.165) is 12.8 Å². The third-order valence-corrected chi connectivity index (χ3v) is 8.11. The Morgan fingerprint density at radius 3 is 2.61 bits per heavy atom. The van der Waals surface area contributed by atoms with Crippen LogP contribution < -0.4 is 15.4 Å². The number of amides is 2. The molecule has 2 aromatic carbocycles. The molecule has 0 unspecified atom stereocenters. The van der Waals surface area contributed by atoms with Crippen molar-refractivity contribution >= 4 is 27.5 Å². The largest absolute Gasteiger partial charge is 0.482 e. The lowest BCUT2D eigenvalue weighted by Gasteiger charge is -2.31. The van der Waals surface area contributed by atoms with Crippen LogP contribution in [0.25, 0.3) is 0 Å². The summed E-state index contributed by atoms with van der Waals surface area (Å²) in [5.74, 6) is -0.0904. The summed E-state index contributed by atoms with van der Waals surface area (Å²) in [6.45, 7) is 2.51. The number of nitrogens with one attached hydrogen (secondary N) is 2. The molecule has 2 aromatic rings. The van der Waals surface area contributed by atoms with Crippen molar-refractivity contribution in [2.45, 2.75) is 43.5 Å². The van der Waals surface area contributed by atoms with Gasteiger partial charge in [0, 0.05) is 25.0 Å². The van der Waals surface area contributed by atoms with Gasteiger partial charge in [-0.25, -0.2) is 8.42 Å². The van der Waals surface area contributed by atoms with E-state index in [9.17, 15) is 18.0 Å². The fraction of sp³-hybridized carbons (Fsp3) is 0.417. The summed E-state index contributed by atoms with van der Waals surface area (Å²) < 4.78 is 33.0. The number of rotatable bonds is 7. The Labute approximate surface area is 194 Å². The van der Waals surface area contributed by atoms with Crippen molar-refractivity contribution in [3.8, 4) is 5.75 Å². The molecule has 0 saturated carbocycles. The number of piperidine rings is 1. The SMILES string of the molecule is CC[C@H](Cc1ccccc1)NC(=O)C1CCN(S(=O)(=O)c2ccc3c(c2)NC(=O)CO3)CC1. The highest BCUT2D eigenvalue weighted by molar-refractivity contribution is 7.89. The van der Waals surface area contributed by atoms with Gasteiger partial charge in [-0.1, -0.05) is 37.3 Å². The second-order valence-corrected chi connectivity index (χ2v) is 10.4. The molecule has 0 spiro atoms. The van der Waals surface area contributed by atoms with Crippen LogP contribution in [0.2, 0.25) is 0 Å². The fourth-order valence-electron chi connectivity index (χ4n) is 4.25. The van der Waals surface area contributed by atoms with E-state index in [2.05, 4.69) is 29.7 Å². The molecule has 9 heteroatoms. The molecule has 2 heterocycles. The highest BCUT2D eigenvalue weighted by Gasteiger charge is 2.33. The Morgan fingerprint density at radius 1 is 1.18 bits per heavy atom. The van der Waals surface area contributed by atoms with Gasteiger partial charge in [-0.3, -0.25) is 9.59 Å². The van der Waals surface area contributed by atoms with Gasteiger partial charge in [0.2, 0.25) is 15.9 Å². The van der Waals surface area contributed by atoms with Crippen molar-refractivity contribution in [2.24, 2.45) is 5.92 Å². The Hall–Kier alpha value is -2.91. The number of fused-ring (bicyclic) bond motifs is 1. The maximum Gasteiger partial charge on any atom is 0.262 e. The van der Waals surface area contributed by atoms with Crippen molar-refractivity contribution in [1.82, 2.24) is 9.62 Å². The zero-order chi connectivity index (χ0) is 23.4. The molecule has 176 valence electrons. The summed E-state index contributed by atoms with van der Waals surface area (Å²) in [5.41, 5.74) is 1.53. The molecular weight excluding hydrogens is 442 g/mol. The molecule has 0 aliphatic carbocycles. The van der Waals surface area contributed by atoms with Gasteiger partial charge in [0.05, 0.1) is 10.6 Å². The first kappa shape index (κ1) is 23.3. The summed E-state index contributed by atoms with van der Waals surface area (Å²) in [4.78, 5) is 24.5. The fourth-order valence-corrected chi connectivity index (χ4v) is 5.74. The Bertz CT molecular complexity index is 1110. The molecule has 33 heavy (non-hydrogen) atoms. The van der Waals surface area contributed by atoms with Gasteiger partial charge in [0.15, 0.2) is 6.61 Å². The van der Waals surface area contributed by atoms with Crippen LogP contribution in [-0.4, -0.2) is 50.3 Å². The van der Waals surface area contributed by atoms with Crippen LogP contribution in [-0.2, 0) is 26.0 Å². The summed E-state index contributed by atoms with van der Waals surface area (Å²) >= 11 is 0. The molecule has 2 aliphatic rings. The first-order valence-corrected chi connectivity index (χ1v) is 12.7. The standard InChI is InChI=1S/C24H29N3O5S/c1-2-19(14-17-6-4-3-5-7-17)25-24(29)18-10-12-27(13-11-18)33(30,31)20-8-9-22-21(15-20)26-23(28)16-32-22/h3-9,15,18-19H,2,10-14,16H2,1H3,(H,25,29)(H,26,28)/t19-/m1/s1. The number of hydrogen-bond donors (Lipinski definition) is 2. The number of ether oxygens (including phenoxy) is 1. The summed E-state index contributed by atoms with van der Waals surface area (Å²) in [7, 11) is -3.74. The van der Waals surface area contributed by atoms with E-state index in [1.165, 1.54) is 22.0 Å². The number of anilines is 1. The third kappa shape index (κ3) is 5.36. The Balaban J connectivity index is 1.35. The molecule has 0 aromatic heterocycles. The predicted octanol–water partition coefficient (Wildman–Crippen LogP) is 2.56. The van der Waals surface area contributed by atoms with Crippen molar-refractivity contribution in [3.05, 3.63) is 54.1 Å². The lowest BCUT2D eigenvalue weighted by molar-refractivity contribution is -0.126. The Kier molecular flexibility index (Phi) is 6.99. The molecule has 1 fully saturated rings. The van der Waals surface area contributed by atoms with Gasteiger partial charge < -0.3 is 15.4 Å². The van der Waals surface area contributed by atoms with Crippen molar-refractivity contribution < 1.29 is 22.7 Å². The topological polar surface area (TPSA) is 105 Å². The minimum absolute atomic E-state index is 0.0107. The minimum atomic E-state index is -3.74. The smallest absolute Gasteiger partial charge is 0.262 e. The van der Waals surface area contributed by atoms with Crippen LogP contribution in [0.5, 0.6) is 5.75 Å². The van der Waals surface area contributed by atoms with E-state index in [1.807, 2.05) is 18.2 Å². The first-order valence-electron chi connectivity index (χ1n) is 11.3. The summed E-state index contributed by atoms with van der Waals surface area (Å²) in [6, 6.07) is 14.6. The quantitative estimate of drug-likeness (QED) is 0.646. The number of nitrogens with zero attached hydrogens (tertiary/aromatic N) is 1. The Morgan fingerprint density at radius 2 is 1.91 bits per heavy atom. The molecular formula is C24H29N3O5S. The van der Waals surface area contributed by atoms with Crippen molar-refractivity contribution in [3.63, 3.8) is 0 Å². The van der Waals surface area contributed by atoms with Crippen molar-refractivity contribution in [1.29, 1.82) is 0 Å². The molecule has 2 amide bonds. The van der Waals surface area contributed by atoms with Crippen molar-refractivity contribution in [2.75, 3.05) is 25.0 Å². The lowest BCUT2D eigenvalue weighted by Crippen LogP contribution is -2.45. The van der Waals surface area contributed by atoms with Gasteiger partial charge in [-0.2, -0.15) is 4.31 Å². The van der Waals surface area contributed by atoms with Crippen LogP contribution >= 0.6 is 0 Å². The van der Waals surface area contributed by atoms with Gasteiger partial charge in [0.25, 0.3) is 5.91 Å². The second-order valence-electron chi connectivity index (χ2n) is 8.48. The lowest BCUT2D eigenvalue weighted by atomic mass is 9.96. The van der Waals surface area contributed by atoms with Crippen LogP contribution in [0.3, 0.4) is 0 Å². The van der Waals surface area contributed by atoms with Crippen LogP contribution in [0.15, 0.2) is 53.4 Å². The van der Waals surface area contributed by atoms with E-state index < -0.39 is 10.0 Å². The third-order valence-electron chi connectivity index (χ3n) is 6.21. The first-order chi connectivity index (χ1) is 15.9. The number of benzene rings is 2. The van der Waals surface area contributed by atoms with Gasteiger partial charge >= 0.3 is 0 Å². The van der Waals surface area contributed by atoms with E-state index in [-0.39, 0.29) is 48.4 Å². The molecule has 1 atom stereocenters. The molecule has 8 nitrogen and oxygen atoms in total. The molecule has 1 saturated heterocycles. The maximum atomic E-state index is 13.1. The van der Waals surface area contributed by atoms with E-state index in [0.29, 0.717) is 24.3 Å². The summed E-state index contributed by atoms with van der Waals surface area (Å²) in [5, 5.41) is 5.79. The number of carbonyl (C=O) groups is 2. The van der Waals surface area contributed by atoms with Crippen LogP contribution in [0, 0.1) is 5.92 Å². The minimum Gasteiger partial charge on any atom is -0.482 e. The van der Waals surface area contributed by atoms with Crippen LogP contribution in [0.1, 0.15) is 31.7 Å². The van der Waals surface area contributed by atoms with Gasteiger partial charge in [-0.15, -0.1) is 0 Å². The number of hydrogen-bond acceptors (Lipinski definition) is 5. The molecule has 2 aliphatic heterocycles. The van der Waals surface area contributed by atoms with E-state index in [4.69, 9.17) is 4.74 Å². The normalized spacial score (nSPS) is 18.0. The molecule has 2 N–H and O–H groups in total. The average Bonchev–Trinajstić information content (AvgIpc) is 2.83. The highest BCUT2D eigenvalue weighted by atomic mass is 32.2.